The Bertz CT molecular complexity index is 3510. The van der Waals surface area contributed by atoms with Crippen LogP contribution in [0.25, 0.3) is 83.0 Å². The zero-order valence-corrected chi connectivity index (χ0v) is 35.2. The summed E-state index contributed by atoms with van der Waals surface area (Å²) in [5.74, 6) is 0. The largest absolute Gasteiger partial charge is 0.310 e. The SMILES string of the molecule is CC1(C)c2ccccc2-c2ccc(N(c3ccccc3)c3ccc(-c4cc(-c5ccc6c7cc(-c8ccccc8)ccc7n(-c7ccccc7)c6c5)c5ccccc5n4)cc3)cc21. The Morgan fingerprint density at radius 1 is 0.381 bits per heavy atom. The molecule has 11 aromatic rings. The van der Waals surface area contributed by atoms with Crippen molar-refractivity contribution in [1.82, 2.24) is 9.55 Å². The van der Waals surface area contributed by atoms with E-state index in [0.29, 0.717) is 0 Å². The van der Waals surface area contributed by atoms with Crippen molar-refractivity contribution in [3.8, 4) is 50.3 Å². The van der Waals surface area contributed by atoms with Crippen molar-refractivity contribution in [2.45, 2.75) is 19.3 Å². The van der Waals surface area contributed by atoms with Gasteiger partial charge in [-0.3, -0.25) is 0 Å². The quantitative estimate of drug-likeness (QED) is 0.160. The predicted molar refractivity (Wildman–Crippen MR) is 265 cm³/mol. The van der Waals surface area contributed by atoms with Crippen LogP contribution in [0.2, 0.25) is 0 Å². The number of aromatic nitrogens is 2. The van der Waals surface area contributed by atoms with E-state index >= 15 is 0 Å². The number of fused-ring (bicyclic) bond motifs is 7. The maximum absolute atomic E-state index is 5.28. The molecule has 1 aliphatic carbocycles. The fraction of sp³-hybridized carbons (Fsp3) is 0.0500. The van der Waals surface area contributed by atoms with Crippen LogP contribution in [0, 0.1) is 0 Å². The Morgan fingerprint density at radius 3 is 1.83 bits per heavy atom. The van der Waals surface area contributed by atoms with E-state index in [1.165, 1.54) is 55.2 Å². The van der Waals surface area contributed by atoms with Gasteiger partial charge in [-0.25, -0.2) is 4.98 Å². The standard InChI is InChI=1S/C60H43N3/c1-60(2)54-24-14-12-22-48(54)49-34-32-47(38-55(49)60)62(44-18-8-4-9-19-44)46-30-26-41(27-31-46)57-39-52(50-23-13-15-25-56(50)61-57)43-28-33-51-53-36-42(40-16-6-3-7-17-40)29-35-58(53)63(59(51)37-43)45-20-10-5-11-21-45/h3-39H,1-2H3. The third-order valence-corrected chi connectivity index (χ3v) is 13.2. The Balaban J connectivity index is 0.970. The molecule has 0 radical (unpaired) electrons. The van der Waals surface area contributed by atoms with Crippen LogP contribution in [0.3, 0.4) is 0 Å². The summed E-state index contributed by atoms with van der Waals surface area (Å²) in [6, 6.07) is 81.4. The van der Waals surface area contributed by atoms with E-state index in [4.69, 9.17) is 4.98 Å². The van der Waals surface area contributed by atoms with E-state index in [1.54, 1.807) is 0 Å². The number of para-hydroxylation sites is 3. The molecule has 3 nitrogen and oxygen atoms in total. The Labute approximate surface area is 367 Å². The molecular formula is C60H43N3. The number of nitrogens with zero attached hydrogens (tertiary/aromatic N) is 3. The summed E-state index contributed by atoms with van der Waals surface area (Å²) in [5, 5.41) is 3.59. The highest BCUT2D eigenvalue weighted by Gasteiger charge is 2.35. The number of pyridine rings is 1. The number of benzene rings is 9. The molecule has 0 saturated heterocycles. The molecule has 0 amide bonds. The van der Waals surface area contributed by atoms with Gasteiger partial charge in [0.2, 0.25) is 0 Å². The van der Waals surface area contributed by atoms with Gasteiger partial charge in [0, 0.05) is 49.9 Å². The average Bonchev–Trinajstić information content (AvgIpc) is 3.79. The topological polar surface area (TPSA) is 21.1 Å². The lowest BCUT2D eigenvalue weighted by Crippen LogP contribution is -2.16. The molecule has 0 saturated carbocycles. The molecule has 2 aromatic heterocycles. The lowest BCUT2D eigenvalue weighted by atomic mass is 9.82. The van der Waals surface area contributed by atoms with Gasteiger partial charge < -0.3 is 9.47 Å². The summed E-state index contributed by atoms with van der Waals surface area (Å²) in [6.07, 6.45) is 0. The molecule has 2 heterocycles. The summed E-state index contributed by atoms with van der Waals surface area (Å²) >= 11 is 0. The lowest BCUT2D eigenvalue weighted by molar-refractivity contribution is 0.660. The van der Waals surface area contributed by atoms with Crippen LogP contribution in [-0.2, 0) is 5.41 Å². The highest BCUT2D eigenvalue weighted by Crippen LogP contribution is 2.51. The molecule has 0 aliphatic heterocycles. The van der Waals surface area contributed by atoms with E-state index in [0.717, 1.165) is 56.0 Å². The van der Waals surface area contributed by atoms with Crippen LogP contribution < -0.4 is 4.90 Å². The second kappa shape index (κ2) is 14.6. The second-order valence-electron chi connectivity index (χ2n) is 17.2. The Hall–Kier alpha value is -8.01. The highest BCUT2D eigenvalue weighted by atomic mass is 15.1. The van der Waals surface area contributed by atoms with E-state index in [9.17, 15) is 0 Å². The maximum Gasteiger partial charge on any atom is 0.0715 e. The van der Waals surface area contributed by atoms with E-state index in [1.807, 2.05) is 0 Å². The third kappa shape index (κ3) is 6.07. The van der Waals surface area contributed by atoms with Crippen LogP contribution in [0.15, 0.2) is 224 Å². The predicted octanol–water partition coefficient (Wildman–Crippen LogP) is 16.1. The molecule has 3 heteroatoms. The van der Waals surface area contributed by atoms with Gasteiger partial charge >= 0.3 is 0 Å². The van der Waals surface area contributed by atoms with Gasteiger partial charge in [-0.05, 0) is 123 Å². The zero-order chi connectivity index (χ0) is 42.1. The van der Waals surface area contributed by atoms with E-state index < -0.39 is 0 Å². The van der Waals surface area contributed by atoms with Crippen LogP contribution in [-0.4, -0.2) is 9.55 Å². The summed E-state index contributed by atoms with van der Waals surface area (Å²) in [4.78, 5) is 7.65. The molecular weight excluding hydrogens is 763 g/mol. The van der Waals surface area contributed by atoms with Crippen LogP contribution in [0.1, 0.15) is 25.0 Å². The minimum absolute atomic E-state index is 0.0951. The molecule has 0 fully saturated rings. The lowest BCUT2D eigenvalue weighted by Gasteiger charge is -2.28. The van der Waals surface area contributed by atoms with E-state index in [-0.39, 0.29) is 5.41 Å². The second-order valence-corrected chi connectivity index (χ2v) is 17.2. The fourth-order valence-electron chi connectivity index (χ4n) is 10.1. The number of hydrogen-bond donors (Lipinski definition) is 0. The minimum Gasteiger partial charge on any atom is -0.310 e. The highest BCUT2D eigenvalue weighted by molar-refractivity contribution is 6.12. The van der Waals surface area contributed by atoms with Gasteiger partial charge in [0.1, 0.15) is 0 Å². The molecule has 298 valence electrons. The molecule has 63 heavy (non-hydrogen) atoms. The Kier molecular flexibility index (Phi) is 8.52. The molecule has 0 N–H and O–H groups in total. The number of hydrogen-bond acceptors (Lipinski definition) is 2. The minimum atomic E-state index is -0.0951. The van der Waals surface area contributed by atoms with Crippen molar-refractivity contribution in [1.29, 1.82) is 0 Å². The summed E-state index contributed by atoms with van der Waals surface area (Å²) in [5.41, 5.74) is 19.8. The van der Waals surface area contributed by atoms with Crippen molar-refractivity contribution in [2.24, 2.45) is 0 Å². The molecule has 12 rings (SSSR count). The van der Waals surface area contributed by atoms with Gasteiger partial charge in [0.05, 0.1) is 22.2 Å². The van der Waals surface area contributed by atoms with Gasteiger partial charge in [-0.1, -0.05) is 159 Å². The van der Waals surface area contributed by atoms with Crippen molar-refractivity contribution in [3.05, 3.63) is 236 Å². The van der Waals surface area contributed by atoms with Gasteiger partial charge in [0.25, 0.3) is 0 Å². The monoisotopic (exact) mass is 805 g/mol. The molecule has 1 aliphatic rings. The van der Waals surface area contributed by atoms with Gasteiger partial charge in [-0.2, -0.15) is 0 Å². The fourth-order valence-corrected chi connectivity index (χ4v) is 10.1. The molecule has 0 atom stereocenters. The number of rotatable bonds is 7. The van der Waals surface area contributed by atoms with Crippen LogP contribution in [0.5, 0.6) is 0 Å². The number of anilines is 3. The molecule has 0 unspecified atom stereocenters. The van der Waals surface area contributed by atoms with E-state index in [2.05, 4.69) is 248 Å². The molecule has 9 aromatic carbocycles. The summed E-state index contributed by atoms with van der Waals surface area (Å²) in [7, 11) is 0. The van der Waals surface area contributed by atoms with Gasteiger partial charge in [-0.15, -0.1) is 0 Å². The Morgan fingerprint density at radius 2 is 1.02 bits per heavy atom. The zero-order valence-electron chi connectivity index (χ0n) is 35.2. The van der Waals surface area contributed by atoms with Crippen LogP contribution >= 0.6 is 0 Å². The van der Waals surface area contributed by atoms with Crippen LogP contribution in [0.4, 0.5) is 17.1 Å². The third-order valence-electron chi connectivity index (χ3n) is 13.2. The average molecular weight is 806 g/mol. The first-order valence-electron chi connectivity index (χ1n) is 21.8. The van der Waals surface area contributed by atoms with Crippen molar-refractivity contribution in [2.75, 3.05) is 4.90 Å². The first-order valence-corrected chi connectivity index (χ1v) is 21.8. The van der Waals surface area contributed by atoms with Gasteiger partial charge in [0.15, 0.2) is 0 Å². The molecule has 0 spiro atoms. The summed E-state index contributed by atoms with van der Waals surface area (Å²) < 4.78 is 2.41. The van der Waals surface area contributed by atoms with Crippen molar-refractivity contribution in [3.63, 3.8) is 0 Å². The molecule has 0 bridgehead atoms. The van der Waals surface area contributed by atoms with Crippen molar-refractivity contribution < 1.29 is 0 Å². The normalized spacial score (nSPS) is 12.7. The van der Waals surface area contributed by atoms with Crippen molar-refractivity contribution >= 4 is 49.8 Å². The first kappa shape index (κ1) is 36.8. The maximum atomic E-state index is 5.28. The smallest absolute Gasteiger partial charge is 0.0715 e. The first-order chi connectivity index (χ1) is 31.0. The summed E-state index contributed by atoms with van der Waals surface area (Å²) in [6.45, 7) is 4.69.